The van der Waals surface area contributed by atoms with Crippen molar-refractivity contribution in [2.75, 3.05) is 13.7 Å². The molecular weight excluding hydrogens is 214 g/mol. The number of hydrogen-bond donors (Lipinski definition) is 1. The lowest BCUT2D eigenvalue weighted by Gasteiger charge is -2.38. The molecule has 1 rings (SSSR count). The smallest absolute Gasteiger partial charge is 0.0886 e. The van der Waals surface area contributed by atoms with Crippen LogP contribution in [0.15, 0.2) is 12.3 Å². The number of ether oxygens (including phenoxy) is 1. The average molecular weight is 239 g/mol. The van der Waals surface area contributed by atoms with Crippen LogP contribution < -0.4 is 5.32 Å². The molecule has 4 nitrogen and oxygen atoms in total. The molecule has 0 saturated carbocycles. The van der Waals surface area contributed by atoms with Gasteiger partial charge in [-0.3, -0.25) is 4.68 Å². The normalized spacial score (nSPS) is 13.9. The van der Waals surface area contributed by atoms with Crippen LogP contribution >= 0.6 is 0 Å². The molecule has 0 aliphatic carbocycles. The standard InChI is InChI=1S/C13H25N3O/c1-6-13(7-2,17-8-3)12(14-4)11-9-10-16(5)15-11/h9-10,12,14H,6-8H2,1-5H3. The maximum Gasteiger partial charge on any atom is 0.0886 e. The van der Waals surface area contributed by atoms with Gasteiger partial charge in [-0.05, 0) is 32.9 Å². The third-order valence-corrected chi connectivity index (χ3v) is 3.47. The molecule has 17 heavy (non-hydrogen) atoms. The van der Waals surface area contributed by atoms with Crippen molar-refractivity contribution in [1.82, 2.24) is 15.1 Å². The van der Waals surface area contributed by atoms with Crippen LogP contribution in [0.25, 0.3) is 0 Å². The number of nitrogens with one attached hydrogen (secondary N) is 1. The maximum atomic E-state index is 6.03. The van der Waals surface area contributed by atoms with Crippen molar-refractivity contribution in [2.24, 2.45) is 7.05 Å². The third kappa shape index (κ3) is 2.87. The van der Waals surface area contributed by atoms with Crippen LogP contribution in [-0.2, 0) is 11.8 Å². The molecule has 0 spiro atoms. The Hall–Kier alpha value is -0.870. The summed E-state index contributed by atoms with van der Waals surface area (Å²) < 4.78 is 7.87. The Labute approximate surface area is 104 Å². The fourth-order valence-electron chi connectivity index (χ4n) is 2.50. The van der Waals surface area contributed by atoms with Crippen molar-refractivity contribution < 1.29 is 4.74 Å². The Bertz CT molecular complexity index is 331. The molecule has 0 aromatic carbocycles. The summed E-state index contributed by atoms with van der Waals surface area (Å²) in [5.74, 6) is 0. The number of hydrogen-bond acceptors (Lipinski definition) is 3. The number of likely N-dealkylation sites (N-methyl/N-ethyl adjacent to an activating group) is 1. The predicted molar refractivity (Wildman–Crippen MR) is 69.9 cm³/mol. The molecule has 0 bridgehead atoms. The summed E-state index contributed by atoms with van der Waals surface area (Å²) in [4.78, 5) is 0. The minimum atomic E-state index is -0.169. The first kappa shape index (κ1) is 14.2. The molecule has 4 heteroatoms. The quantitative estimate of drug-likeness (QED) is 0.793. The molecule has 0 aliphatic rings. The van der Waals surface area contributed by atoms with E-state index in [0.717, 1.165) is 25.1 Å². The molecule has 0 fully saturated rings. The molecule has 0 amide bonds. The molecule has 1 N–H and O–H groups in total. The van der Waals surface area contributed by atoms with Crippen molar-refractivity contribution in [3.8, 4) is 0 Å². The molecule has 1 heterocycles. The number of aromatic nitrogens is 2. The first-order valence-electron chi connectivity index (χ1n) is 6.44. The highest BCUT2D eigenvalue weighted by Crippen LogP contribution is 2.34. The van der Waals surface area contributed by atoms with Gasteiger partial charge in [0.25, 0.3) is 0 Å². The number of aryl methyl sites for hydroxylation is 1. The summed E-state index contributed by atoms with van der Waals surface area (Å²) in [6.45, 7) is 7.12. The Kier molecular flexibility index (Phi) is 5.15. The van der Waals surface area contributed by atoms with E-state index in [1.807, 2.05) is 31.9 Å². The van der Waals surface area contributed by atoms with Gasteiger partial charge in [0.1, 0.15) is 0 Å². The summed E-state index contributed by atoms with van der Waals surface area (Å²) in [5.41, 5.74) is 0.879. The van der Waals surface area contributed by atoms with Crippen LogP contribution in [0.2, 0.25) is 0 Å². The van der Waals surface area contributed by atoms with Crippen LogP contribution in [0.5, 0.6) is 0 Å². The lowest BCUT2D eigenvalue weighted by molar-refractivity contribution is -0.0727. The van der Waals surface area contributed by atoms with Crippen LogP contribution in [0.1, 0.15) is 45.3 Å². The van der Waals surface area contributed by atoms with Gasteiger partial charge in [0.2, 0.25) is 0 Å². The van der Waals surface area contributed by atoms with Gasteiger partial charge in [0.05, 0.1) is 17.3 Å². The van der Waals surface area contributed by atoms with E-state index in [-0.39, 0.29) is 11.6 Å². The fourth-order valence-corrected chi connectivity index (χ4v) is 2.50. The molecule has 1 atom stereocenters. The highest BCUT2D eigenvalue weighted by atomic mass is 16.5. The molecule has 98 valence electrons. The monoisotopic (exact) mass is 239 g/mol. The summed E-state index contributed by atoms with van der Waals surface area (Å²) in [7, 11) is 3.91. The summed E-state index contributed by atoms with van der Waals surface area (Å²) >= 11 is 0. The number of rotatable bonds is 7. The number of nitrogens with zero attached hydrogens (tertiary/aromatic N) is 2. The second-order valence-corrected chi connectivity index (χ2v) is 4.34. The lowest BCUT2D eigenvalue weighted by Crippen LogP contribution is -2.44. The van der Waals surface area contributed by atoms with Gasteiger partial charge in [-0.15, -0.1) is 0 Å². The summed E-state index contributed by atoms with van der Waals surface area (Å²) in [6.07, 6.45) is 3.92. The maximum absolute atomic E-state index is 6.03. The second-order valence-electron chi connectivity index (χ2n) is 4.34. The van der Waals surface area contributed by atoms with E-state index in [4.69, 9.17) is 4.74 Å². The summed E-state index contributed by atoms with van der Waals surface area (Å²) in [6, 6.07) is 2.19. The first-order valence-corrected chi connectivity index (χ1v) is 6.44. The fraction of sp³-hybridized carbons (Fsp3) is 0.769. The zero-order valence-electron chi connectivity index (χ0n) is 11.7. The van der Waals surface area contributed by atoms with Crippen molar-refractivity contribution in [2.45, 2.75) is 45.3 Å². The second kappa shape index (κ2) is 6.17. The Morgan fingerprint density at radius 2 is 2.06 bits per heavy atom. The Morgan fingerprint density at radius 3 is 2.41 bits per heavy atom. The van der Waals surface area contributed by atoms with Gasteiger partial charge >= 0.3 is 0 Å². The zero-order valence-corrected chi connectivity index (χ0v) is 11.7. The highest BCUT2D eigenvalue weighted by Gasteiger charge is 2.37. The third-order valence-electron chi connectivity index (χ3n) is 3.47. The molecule has 1 aromatic rings. The Morgan fingerprint density at radius 1 is 1.41 bits per heavy atom. The van der Waals surface area contributed by atoms with E-state index in [1.165, 1.54) is 0 Å². The van der Waals surface area contributed by atoms with Gasteiger partial charge in [-0.25, -0.2) is 0 Å². The van der Waals surface area contributed by atoms with Crippen molar-refractivity contribution in [3.05, 3.63) is 18.0 Å². The Balaban J connectivity index is 3.04. The van der Waals surface area contributed by atoms with E-state index >= 15 is 0 Å². The zero-order chi connectivity index (χ0) is 12.9. The van der Waals surface area contributed by atoms with E-state index in [0.29, 0.717) is 0 Å². The lowest BCUT2D eigenvalue weighted by atomic mass is 9.86. The van der Waals surface area contributed by atoms with Gasteiger partial charge in [-0.2, -0.15) is 5.10 Å². The minimum Gasteiger partial charge on any atom is -0.373 e. The van der Waals surface area contributed by atoms with Crippen LogP contribution in [-0.4, -0.2) is 29.0 Å². The largest absolute Gasteiger partial charge is 0.373 e. The minimum absolute atomic E-state index is 0.138. The molecule has 1 aromatic heterocycles. The van der Waals surface area contributed by atoms with Gasteiger partial charge in [0, 0.05) is 19.9 Å². The molecule has 0 aliphatic heterocycles. The van der Waals surface area contributed by atoms with Gasteiger partial charge < -0.3 is 10.1 Å². The molecule has 0 saturated heterocycles. The average Bonchev–Trinajstić information content (AvgIpc) is 2.75. The van der Waals surface area contributed by atoms with Crippen molar-refractivity contribution in [3.63, 3.8) is 0 Å². The molecule has 0 radical (unpaired) electrons. The highest BCUT2D eigenvalue weighted by molar-refractivity contribution is 5.12. The first-order chi connectivity index (χ1) is 8.13. The topological polar surface area (TPSA) is 39.1 Å². The molecule has 1 unspecified atom stereocenters. The van der Waals surface area contributed by atoms with E-state index < -0.39 is 0 Å². The van der Waals surface area contributed by atoms with Crippen molar-refractivity contribution in [1.29, 1.82) is 0 Å². The predicted octanol–water partition coefficient (Wildman–Crippen LogP) is 2.28. The SMILES string of the molecule is CCOC(CC)(CC)C(NC)c1ccn(C)n1. The van der Waals surface area contributed by atoms with Crippen LogP contribution in [0.4, 0.5) is 0 Å². The van der Waals surface area contributed by atoms with E-state index in [1.54, 1.807) is 0 Å². The van der Waals surface area contributed by atoms with E-state index in [9.17, 15) is 0 Å². The summed E-state index contributed by atoms with van der Waals surface area (Å²) in [5, 5.41) is 7.86. The van der Waals surface area contributed by atoms with E-state index in [2.05, 4.69) is 30.3 Å². The van der Waals surface area contributed by atoms with Gasteiger partial charge in [-0.1, -0.05) is 13.8 Å². The molecular formula is C13H25N3O. The van der Waals surface area contributed by atoms with Gasteiger partial charge in [0.15, 0.2) is 0 Å². The van der Waals surface area contributed by atoms with Crippen molar-refractivity contribution >= 4 is 0 Å². The van der Waals surface area contributed by atoms with Crippen LogP contribution in [0.3, 0.4) is 0 Å². The van der Waals surface area contributed by atoms with Crippen LogP contribution in [0, 0.1) is 0 Å².